The smallest absolute Gasteiger partial charge is 0.281 e. The van der Waals surface area contributed by atoms with Gasteiger partial charge in [-0.3, -0.25) is 0 Å². The molecule has 0 aromatic carbocycles. The number of hydrogen-bond donors (Lipinski definition) is 1. The van der Waals surface area contributed by atoms with Crippen molar-refractivity contribution in [2.24, 2.45) is 0 Å². The van der Waals surface area contributed by atoms with E-state index in [-0.39, 0.29) is 12.2 Å². The first-order chi connectivity index (χ1) is 8.23. The molecule has 7 heteroatoms. The number of aliphatic hydroxyl groups is 1. The summed E-state index contributed by atoms with van der Waals surface area (Å²) in [4.78, 5) is 0. The summed E-state index contributed by atoms with van der Waals surface area (Å²) in [6, 6.07) is 0. The monoisotopic (exact) mass is 280 g/mol. The molecule has 0 bridgehead atoms. The van der Waals surface area contributed by atoms with Crippen molar-refractivity contribution in [1.82, 2.24) is 8.61 Å². The van der Waals surface area contributed by atoms with Gasteiger partial charge in [0.1, 0.15) is 0 Å². The van der Waals surface area contributed by atoms with Crippen LogP contribution in [0.2, 0.25) is 0 Å². The van der Waals surface area contributed by atoms with Crippen molar-refractivity contribution in [2.45, 2.75) is 45.5 Å². The first-order valence-corrected chi connectivity index (χ1v) is 7.68. The van der Waals surface area contributed by atoms with Crippen LogP contribution in [0.5, 0.6) is 0 Å². The number of hydrogen-bond acceptors (Lipinski definition) is 4. The molecule has 6 nitrogen and oxygen atoms in total. The van der Waals surface area contributed by atoms with E-state index in [1.807, 2.05) is 13.8 Å². The Balaban J connectivity index is 2.67. The van der Waals surface area contributed by atoms with Gasteiger partial charge in [0.05, 0.1) is 18.3 Å². The zero-order valence-corrected chi connectivity index (χ0v) is 12.4. The minimum Gasteiger partial charge on any atom is -0.393 e. The number of nitrogens with zero attached hydrogens (tertiary/aromatic N) is 2. The quantitative estimate of drug-likeness (QED) is 0.772. The lowest BCUT2D eigenvalue weighted by atomic mass is 10.3. The van der Waals surface area contributed by atoms with E-state index in [0.29, 0.717) is 26.1 Å². The van der Waals surface area contributed by atoms with Gasteiger partial charge in [-0.15, -0.1) is 0 Å². The second kappa shape index (κ2) is 6.29. The molecule has 0 radical (unpaired) electrons. The van der Waals surface area contributed by atoms with Crippen LogP contribution in [0, 0.1) is 0 Å². The van der Waals surface area contributed by atoms with Gasteiger partial charge in [-0.1, -0.05) is 0 Å². The van der Waals surface area contributed by atoms with Gasteiger partial charge in [-0.2, -0.15) is 17.0 Å². The first kappa shape index (κ1) is 15.8. The van der Waals surface area contributed by atoms with Crippen molar-refractivity contribution in [2.75, 3.05) is 26.7 Å². The van der Waals surface area contributed by atoms with Crippen LogP contribution < -0.4 is 0 Å². The average molecular weight is 280 g/mol. The number of aliphatic hydroxyl groups excluding tert-OH is 1. The molecule has 0 aliphatic carbocycles. The van der Waals surface area contributed by atoms with E-state index < -0.39 is 16.3 Å². The van der Waals surface area contributed by atoms with Crippen molar-refractivity contribution in [3.8, 4) is 0 Å². The second-order valence-corrected chi connectivity index (χ2v) is 7.08. The summed E-state index contributed by atoms with van der Waals surface area (Å²) in [6.45, 7) is 6.47. The van der Waals surface area contributed by atoms with E-state index >= 15 is 0 Å². The van der Waals surface area contributed by atoms with E-state index in [1.165, 1.54) is 8.61 Å². The lowest BCUT2D eigenvalue weighted by Crippen LogP contribution is -2.52. The molecule has 0 amide bonds. The normalized spacial score (nSPS) is 28.6. The molecule has 1 heterocycles. The highest BCUT2D eigenvalue weighted by atomic mass is 32.2. The molecule has 3 unspecified atom stereocenters. The summed E-state index contributed by atoms with van der Waals surface area (Å²) in [5, 5.41) is 9.21. The fourth-order valence-electron chi connectivity index (χ4n) is 2.00. The van der Waals surface area contributed by atoms with E-state index in [9.17, 15) is 13.5 Å². The Morgan fingerprint density at radius 2 is 1.89 bits per heavy atom. The first-order valence-electron chi connectivity index (χ1n) is 6.28. The Hall–Kier alpha value is -0.210. The molecule has 0 spiro atoms. The Labute approximate surface area is 110 Å². The van der Waals surface area contributed by atoms with Crippen LogP contribution in [-0.2, 0) is 14.9 Å². The van der Waals surface area contributed by atoms with Crippen molar-refractivity contribution >= 4 is 10.2 Å². The predicted molar refractivity (Wildman–Crippen MR) is 69.4 cm³/mol. The zero-order chi connectivity index (χ0) is 13.9. The average Bonchev–Trinajstić information content (AvgIpc) is 2.24. The lowest BCUT2D eigenvalue weighted by Gasteiger charge is -2.36. The van der Waals surface area contributed by atoms with Gasteiger partial charge in [0, 0.05) is 26.7 Å². The Morgan fingerprint density at radius 3 is 2.33 bits per heavy atom. The summed E-state index contributed by atoms with van der Waals surface area (Å²) in [6.07, 6.45) is -0.238. The van der Waals surface area contributed by atoms with Gasteiger partial charge in [-0.25, -0.2) is 0 Å². The van der Waals surface area contributed by atoms with Gasteiger partial charge < -0.3 is 9.84 Å². The highest BCUT2D eigenvalue weighted by Crippen LogP contribution is 2.16. The highest BCUT2D eigenvalue weighted by molar-refractivity contribution is 7.86. The molecule has 108 valence electrons. The van der Waals surface area contributed by atoms with Gasteiger partial charge in [0.15, 0.2) is 0 Å². The van der Waals surface area contributed by atoms with Crippen LogP contribution >= 0.6 is 0 Å². The maximum absolute atomic E-state index is 12.3. The Morgan fingerprint density at radius 1 is 1.39 bits per heavy atom. The summed E-state index contributed by atoms with van der Waals surface area (Å²) >= 11 is 0. The zero-order valence-electron chi connectivity index (χ0n) is 11.5. The van der Waals surface area contributed by atoms with E-state index in [0.717, 1.165) is 0 Å². The van der Waals surface area contributed by atoms with Gasteiger partial charge >= 0.3 is 0 Å². The molecule has 1 fully saturated rings. The SMILES string of the molecule is CC(O)CCN(C)S(=O)(=O)N1CC(C)OC(C)C1. The van der Waals surface area contributed by atoms with Crippen LogP contribution in [0.25, 0.3) is 0 Å². The summed E-state index contributed by atoms with van der Waals surface area (Å²) in [5.74, 6) is 0. The maximum atomic E-state index is 12.3. The fourth-order valence-corrected chi connectivity index (χ4v) is 3.53. The summed E-state index contributed by atoms with van der Waals surface area (Å²) in [5.41, 5.74) is 0. The van der Waals surface area contributed by atoms with Crippen LogP contribution in [0.1, 0.15) is 27.2 Å². The molecule has 1 aliphatic heterocycles. The molecule has 18 heavy (non-hydrogen) atoms. The van der Waals surface area contributed by atoms with Crippen molar-refractivity contribution < 1.29 is 18.3 Å². The molecule has 1 aliphatic rings. The number of rotatable bonds is 5. The summed E-state index contributed by atoms with van der Waals surface area (Å²) < 4.78 is 32.9. The van der Waals surface area contributed by atoms with E-state index in [4.69, 9.17) is 4.74 Å². The molecule has 0 aromatic rings. The van der Waals surface area contributed by atoms with E-state index in [1.54, 1.807) is 14.0 Å². The van der Waals surface area contributed by atoms with Gasteiger partial charge in [0.25, 0.3) is 10.2 Å². The number of morpholine rings is 1. The van der Waals surface area contributed by atoms with Crippen molar-refractivity contribution in [3.63, 3.8) is 0 Å². The molecule has 1 saturated heterocycles. The Kier molecular flexibility index (Phi) is 5.54. The molecule has 0 aromatic heterocycles. The molecule has 0 saturated carbocycles. The highest BCUT2D eigenvalue weighted by Gasteiger charge is 2.33. The molecule has 3 atom stereocenters. The van der Waals surface area contributed by atoms with Crippen molar-refractivity contribution in [1.29, 1.82) is 0 Å². The van der Waals surface area contributed by atoms with Gasteiger partial charge in [0.2, 0.25) is 0 Å². The minimum atomic E-state index is -3.45. The topological polar surface area (TPSA) is 70.1 Å². The van der Waals surface area contributed by atoms with E-state index in [2.05, 4.69) is 0 Å². The van der Waals surface area contributed by atoms with Gasteiger partial charge in [-0.05, 0) is 27.2 Å². The van der Waals surface area contributed by atoms with Crippen LogP contribution in [0.4, 0.5) is 0 Å². The third kappa shape index (κ3) is 4.17. The molecular weight excluding hydrogens is 256 g/mol. The number of ether oxygens (including phenoxy) is 1. The molecule has 1 rings (SSSR count). The summed E-state index contributed by atoms with van der Waals surface area (Å²) in [7, 11) is -1.90. The largest absolute Gasteiger partial charge is 0.393 e. The second-order valence-electron chi connectivity index (χ2n) is 5.04. The molecular formula is C11H24N2O4S. The Bertz CT molecular complexity index is 348. The molecule has 1 N–H and O–H groups in total. The standard InChI is InChI=1S/C11H24N2O4S/c1-9(14)5-6-12(4)18(15,16)13-7-10(2)17-11(3)8-13/h9-11,14H,5-8H2,1-4H3. The predicted octanol–water partition coefficient (Wildman–Crippen LogP) is 0.0431. The van der Waals surface area contributed by atoms with Crippen LogP contribution in [0.15, 0.2) is 0 Å². The van der Waals surface area contributed by atoms with Crippen molar-refractivity contribution in [3.05, 3.63) is 0 Å². The third-order valence-electron chi connectivity index (χ3n) is 2.97. The van der Waals surface area contributed by atoms with Crippen LogP contribution in [-0.4, -0.2) is 67.1 Å². The third-order valence-corrected chi connectivity index (χ3v) is 4.89. The minimum absolute atomic E-state index is 0.0892. The van der Waals surface area contributed by atoms with Crippen LogP contribution in [0.3, 0.4) is 0 Å². The fraction of sp³-hybridized carbons (Fsp3) is 1.00. The lowest BCUT2D eigenvalue weighted by molar-refractivity contribution is -0.0453. The maximum Gasteiger partial charge on any atom is 0.281 e.